The summed E-state index contributed by atoms with van der Waals surface area (Å²) in [5.41, 5.74) is 1.73. The van der Waals surface area contributed by atoms with E-state index in [1.165, 1.54) is 42.4 Å². The Bertz CT molecular complexity index is 1480. The standard InChI is InChI=1S/C23H24N8O3/c1-28-21-20(22(33)29(2)23(28)34)31(14-24-21)13-19(32)25-16-7-5-15(6-8-16)17-9-10-18(27-26-17)30-11-3-4-12-30/h5-10,14H,3-4,11-13H2,1-2H3,(H,25,32). The van der Waals surface area contributed by atoms with Crippen molar-refractivity contribution in [3.63, 3.8) is 0 Å². The minimum atomic E-state index is -0.496. The normalized spacial score (nSPS) is 13.5. The number of hydrogen-bond acceptors (Lipinski definition) is 7. The van der Waals surface area contributed by atoms with E-state index in [9.17, 15) is 14.4 Å². The van der Waals surface area contributed by atoms with Crippen LogP contribution in [0.1, 0.15) is 12.8 Å². The van der Waals surface area contributed by atoms with Gasteiger partial charge in [0.2, 0.25) is 5.91 Å². The van der Waals surface area contributed by atoms with Gasteiger partial charge in [0, 0.05) is 38.4 Å². The molecule has 0 saturated carbocycles. The van der Waals surface area contributed by atoms with Crippen molar-refractivity contribution in [2.45, 2.75) is 19.4 Å². The Balaban J connectivity index is 1.29. The lowest BCUT2D eigenvalue weighted by molar-refractivity contribution is -0.116. The molecule has 1 saturated heterocycles. The van der Waals surface area contributed by atoms with Crippen LogP contribution < -0.4 is 21.5 Å². The largest absolute Gasteiger partial charge is 0.355 e. The molecule has 1 fully saturated rings. The molecule has 0 unspecified atom stereocenters. The molecule has 1 aliphatic rings. The summed E-state index contributed by atoms with van der Waals surface area (Å²) >= 11 is 0. The first kappa shape index (κ1) is 21.6. The molecule has 0 atom stereocenters. The highest BCUT2D eigenvalue weighted by atomic mass is 16.2. The molecule has 11 nitrogen and oxygen atoms in total. The van der Waals surface area contributed by atoms with Crippen molar-refractivity contribution in [2.75, 3.05) is 23.3 Å². The number of nitrogens with one attached hydrogen (secondary N) is 1. The lowest BCUT2D eigenvalue weighted by Gasteiger charge is -2.15. The van der Waals surface area contributed by atoms with Gasteiger partial charge in [0.05, 0.1) is 12.0 Å². The minimum Gasteiger partial charge on any atom is -0.355 e. The van der Waals surface area contributed by atoms with Crippen molar-refractivity contribution in [1.82, 2.24) is 28.9 Å². The summed E-state index contributed by atoms with van der Waals surface area (Å²) in [4.78, 5) is 43.6. The van der Waals surface area contributed by atoms with Gasteiger partial charge in [-0.2, -0.15) is 0 Å². The van der Waals surface area contributed by atoms with Gasteiger partial charge >= 0.3 is 5.69 Å². The van der Waals surface area contributed by atoms with Gasteiger partial charge in [0.15, 0.2) is 17.0 Å². The topological polar surface area (TPSA) is 120 Å². The van der Waals surface area contributed by atoms with Gasteiger partial charge in [-0.15, -0.1) is 10.2 Å². The van der Waals surface area contributed by atoms with Gasteiger partial charge in [-0.25, -0.2) is 9.78 Å². The molecule has 1 N–H and O–H groups in total. The number of benzene rings is 1. The molecular weight excluding hydrogens is 436 g/mol. The van der Waals surface area contributed by atoms with Gasteiger partial charge < -0.3 is 14.8 Å². The minimum absolute atomic E-state index is 0.116. The first-order valence-electron chi connectivity index (χ1n) is 11.0. The number of carbonyl (C=O) groups is 1. The molecule has 1 amide bonds. The maximum Gasteiger partial charge on any atom is 0.332 e. The smallest absolute Gasteiger partial charge is 0.332 e. The second-order valence-corrected chi connectivity index (χ2v) is 8.35. The number of imidazole rings is 1. The molecular formula is C23H24N8O3. The Hall–Kier alpha value is -4.28. The quantitative estimate of drug-likeness (QED) is 0.474. The fourth-order valence-corrected chi connectivity index (χ4v) is 4.19. The van der Waals surface area contributed by atoms with E-state index in [-0.39, 0.29) is 23.6 Å². The van der Waals surface area contributed by atoms with Crippen molar-refractivity contribution in [3.05, 3.63) is 63.6 Å². The zero-order chi connectivity index (χ0) is 23.8. The Kier molecular flexibility index (Phi) is 5.44. The summed E-state index contributed by atoms with van der Waals surface area (Å²) in [6, 6.07) is 11.3. The van der Waals surface area contributed by atoms with E-state index in [2.05, 4.69) is 25.4 Å². The van der Waals surface area contributed by atoms with Crippen LogP contribution in [0.25, 0.3) is 22.4 Å². The molecule has 4 heterocycles. The number of carbonyl (C=O) groups excluding carboxylic acids is 1. The Morgan fingerprint density at radius 2 is 1.71 bits per heavy atom. The third-order valence-electron chi connectivity index (χ3n) is 6.08. The van der Waals surface area contributed by atoms with Crippen molar-refractivity contribution in [1.29, 1.82) is 0 Å². The molecule has 0 aliphatic carbocycles. The fraction of sp³-hybridized carbons (Fsp3) is 0.304. The van der Waals surface area contributed by atoms with E-state index in [0.29, 0.717) is 5.69 Å². The maximum absolute atomic E-state index is 12.6. The second-order valence-electron chi connectivity index (χ2n) is 8.35. The zero-order valence-corrected chi connectivity index (χ0v) is 18.9. The van der Waals surface area contributed by atoms with E-state index < -0.39 is 11.2 Å². The number of aryl methyl sites for hydroxylation is 1. The molecule has 1 aromatic carbocycles. The number of nitrogens with zero attached hydrogens (tertiary/aromatic N) is 7. The molecule has 3 aromatic heterocycles. The van der Waals surface area contributed by atoms with Crippen LogP contribution in [0.15, 0.2) is 52.3 Å². The summed E-state index contributed by atoms with van der Waals surface area (Å²) in [5, 5.41) is 11.5. The predicted molar refractivity (Wildman–Crippen MR) is 128 cm³/mol. The molecule has 34 heavy (non-hydrogen) atoms. The van der Waals surface area contributed by atoms with E-state index >= 15 is 0 Å². The number of fused-ring (bicyclic) bond motifs is 1. The molecule has 174 valence electrons. The number of amides is 1. The highest BCUT2D eigenvalue weighted by Crippen LogP contribution is 2.22. The summed E-state index contributed by atoms with van der Waals surface area (Å²) in [6.45, 7) is 1.92. The zero-order valence-electron chi connectivity index (χ0n) is 18.9. The van der Waals surface area contributed by atoms with Gasteiger partial charge in [-0.05, 0) is 37.1 Å². The number of aromatic nitrogens is 6. The average molecular weight is 460 g/mol. The van der Waals surface area contributed by atoms with Crippen LogP contribution in [0, 0.1) is 0 Å². The average Bonchev–Trinajstić information content (AvgIpc) is 3.53. The number of rotatable bonds is 5. The second kappa shape index (κ2) is 8.58. The molecule has 11 heteroatoms. The number of anilines is 2. The molecule has 4 aromatic rings. The summed E-state index contributed by atoms with van der Waals surface area (Å²) in [6.07, 6.45) is 3.76. The summed E-state index contributed by atoms with van der Waals surface area (Å²) in [5.74, 6) is 0.574. The van der Waals surface area contributed by atoms with E-state index in [1.54, 1.807) is 12.1 Å². The van der Waals surface area contributed by atoms with Crippen LogP contribution in [-0.2, 0) is 25.4 Å². The summed E-state index contributed by atoms with van der Waals surface area (Å²) < 4.78 is 3.72. The van der Waals surface area contributed by atoms with Crippen molar-refractivity contribution < 1.29 is 4.79 Å². The highest BCUT2D eigenvalue weighted by Gasteiger charge is 2.16. The van der Waals surface area contributed by atoms with Crippen molar-refractivity contribution in [3.8, 4) is 11.3 Å². The molecule has 0 bridgehead atoms. The van der Waals surface area contributed by atoms with Crippen LogP contribution in [0.5, 0.6) is 0 Å². The third kappa shape index (κ3) is 3.85. The predicted octanol–water partition coefficient (Wildman–Crippen LogP) is 1.13. The Morgan fingerprint density at radius 1 is 0.971 bits per heavy atom. The van der Waals surface area contributed by atoms with Crippen LogP contribution in [-0.4, -0.2) is 47.9 Å². The van der Waals surface area contributed by atoms with Gasteiger partial charge in [-0.1, -0.05) is 12.1 Å². The van der Waals surface area contributed by atoms with Crippen LogP contribution >= 0.6 is 0 Å². The first-order chi connectivity index (χ1) is 16.4. The Morgan fingerprint density at radius 3 is 2.38 bits per heavy atom. The Labute approximate surface area is 194 Å². The van der Waals surface area contributed by atoms with Gasteiger partial charge in [-0.3, -0.25) is 18.7 Å². The summed E-state index contributed by atoms with van der Waals surface area (Å²) in [7, 11) is 2.93. The van der Waals surface area contributed by atoms with E-state index in [1.807, 2.05) is 24.3 Å². The monoisotopic (exact) mass is 460 g/mol. The van der Waals surface area contributed by atoms with Crippen LogP contribution in [0.2, 0.25) is 0 Å². The molecule has 5 rings (SSSR count). The van der Waals surface area contributed by atoms with Gasteiger partial charge in [0.1, 0.15) is 6.54 Å². The maximum atomic E-state index is 12.6. The van der Waals surface area contributed by atoms with E-state index in [4.69, 9.17) is 0 Å². The molecule has 0 spiro atoms. The third-order valence-corrected chi connectivity index (χ3v) is 6.08. The molecule has 0 radical (unpaired) electrons. The molecule has 1 aliphatic heterocycles. The van der Waals surface area contributed by atoms with Crippen molar-refractivity contribution >= 4 is 28.6 Å². The van der Waals surface area contributed by atoms with Crippen LogP contribution in [0.4, 0.5) is 11.5 Å². The lowest BCUT2D eigenvalue weighted by Crippen LogP contribution is -2.37. The van der Waals surface area contributed by atoms with Crippen LogP contribution in [0.3, 0.4) is 0 Å². The highest BCUT2D eigenvalue weighted by molar-refractivity contribution is 5.91. The van der Waals surface area contributed by atoms with Crippen molar-refractivity contribution in [2.24, 2.45) is 14.1 Å². The van der Waals surface area contributed by atoms with Gasteiger partial charge in [0.25, 0.3) is 5.56 Å². The number of hydrogen-bond donors (Lipinski definition) is 1. The fourth-order valence-electron chi connectivity index (χ4n) is 4.19. The first-order valence-corrected chi connectivity index (χ1v) is 11.0. The SMILES string of the molecule is Cn1c(=O)c2c(ncn2CC(=O)Nc2ccc(-c3ccc(N4CCCC4)nn3)cc2)n(C)c1=O. The van der Waals surface area contributed by atoms with E-state index in [0.717, 1.165) is 34.7 Å². The lowest BCUT2D eigenvalue weighted by atomic mass is 10.1.